The normalized spacial score (nSPS) is 17.0. The van der Waals surface area contributed by atoms with E-state index in [2.05, 4.69) is 21.1 Å². The van der Waals surface area contributed by atoms with Crippen LogP contribution in [0.3, 0.4) is 0 Å². The Morgan fingerprint density at radius 2 is 2.13 bits per heavy atom. The summed E-state index contributed by atoms with van der Waals surface area (Å²) in [6.07, 6.45) is 1.21. The van der Waals surface area contributed by atoms with Gasteiger partial charge in [-0.25, -0.2) is 19.4 Å². The summed E-state index contributed by atoms with van der Waals surface area (Å²) in [5.41, 5.74) is 8.99. The van der Waals surface area contributed by atoms with E-state index < -0.39 is 11.9 Å². The summed E-state index contributed by atoms with van der Waals surface area (Å²) in [4.78, 5) is 15.4. The molecule has 9 nitrogen and oxygen atoms in total. The maximum Gasteiger partial charge on any atom is 0.258 e. The summed E-state index contributed by atoms with van der Waals surface area (Å²) < 4.78 is 21.5. The Kier molecular flexibility index (Phi) is 5.02. The third kappa shape index (κ3) is 3.66. The number of likely N-dealkylation sites (N-methyl/N-ethyl adjacent to an activating group) is 1. The lowest BCUT2D eigenvalue weighted by molar-refractivity contribution is 0.218. The van der Waals surface area contributed by atoms with E-state index >= 15 is 0 Å². The molecule has 0 unspecified atom stereocenters. The zero-order valence-electron chi connectivity index (χ0n) is 17.6. The van der Waals surface area contributed by atoms with Crippen LogP contribution in [-0.2, 0) is 13.5 Å². The van der Waals surface area contributed by atoms with E-state index in [1.807, 2.05) is 19.0 Å². The minimum Gasteiger partial charge on any atom is -0.467 e. The minimum atomic E-state index is -0.604. The van der Waals surface area contributed by atoms with Gasteiger partial charge in [0.15, 0.2) is 5.82 Å². The van der Waals surface area contributed by atoms with Gasteiger partial charge in [0.2, 0.25) is 0 Å². The predicted molar refractivity (Wildman–Crippen MR) is 113 cm³/mol. The molecule has 1 aliphatic heterocycles. The van der Waals surface area contributed by atoms with Gasteiger partial charge in [0.1, 0.15) is 29.5 Å². The number of aromatic nitrogens is 4. The second kappa shape index (κ2) is 7.68. The third-order valence-corrected chi connectivity index (χ3v) is 5.06. The Hall–Kier alpha value is -4.00. The number of hydrogen-bond donors (Lipinski definition) is 1. The minimum absolute atomic E-state index is 0.0899. The number of nitrogen functional groups attached to an aromatic ring is 1. The molecule has 0 fully saturated rings. The summed E-state index contributed by atoms with van der Waals surface area (Å²) in [6, 6.07) is 6.52. The smallest absolute Gasteiger partial charge is 0.258 e. The molecule has 2 N–H and O–H groups in total. The molecular formula is C21H21FN8O. The fourth-order valence-corrected chi connectivity index (χ4v) is 3.46. The van der Waals surface area contributed by atoms with Gasteiger partial charge in [-0.3, -0.25) is 4.68 Å². The lowest BCUT2D eigenvalue weighted by Gasteiger charge is -2.21. The molecule has 0 saturated heterocycles. The predicted octanol–water partition coefficient (Wildman–Crippen LogP) is 2.76. The lowest BCUT2D eigenvalue weighted by atomic mass is 10.1. The number of aryl methyl sites for hydroxylation is 1. The maximum atomic E-state index is 14.1. The zero-order valence-corrected chi connectivity index (χ0v) is 17.6. The summed E-state index contributed by atoms with van der Waals surface area (Å²) in [6.45, 7) is 1.76. The van der Waals surface area contributed by atoms with E-state index in [1.54, 1.807) is 20.0 Å². The van der Waals surface area contributed by atoms with Crippen LogP contribution in [0.1, 0.15) is 30.0 Å². The summed E-state index contributed by atoms with van der Waals surface area (Å²) >= 11 is 0. The van der Waals surface area contributed by atoms with Crippen LogP contribution in [0.5, 0.6) is 5.88 Å². The average molecular weight is 420 g/mol. The topological polar surface area (TPSA) is 118 Å². The van der Waals surface area contributed by atoms with Crippen molar-refractivity contribution >= 4 is 17.3 Å². The average Bonchev–Trinajstić information content (AvgIpc) is 3.04. The second-order valence-electron chi connectivity index (χ2n) is 7.41. The van der Waals surface area contributed by atoms with Crippen LogP contribution in [-0.4, -0.2) is 44.6 Å². The lowest BCUT2D eigenvalue weighted by Crippen LogP contribution is -2.25. The van der Waals surface area contributed by atoms with Crippen LogP contribution < -0.4 is 10.5 Å². The first-order chi connectivity index (χ1) is 14.8. The number of amidine groups is 1. The molecule has 0 radical (unpaired) electrons. The number of nitrogens with two attached hydrogens (primary N) is 1. The Bertz CT molecular complexity index is 1240. The fourth-order valence-electron chi connectivity index (χ4n) is 3.46. The molecule has 2 aromatic heterocycles. The quantitative estimate of drug-likeness (QED) is 0.594. The molecule has 10 heteroatoms. The van der Waals surface area contributed by atoms with Crippen molar-refractivity contribution in [1.82, 2.24) is 24.6 Å². The number of hydrogen-bond acceptors (Lipinski definition) is 8. The molecule has 1 aliphatic rings. The van der Waals surface area contributed by atoms with Crippen molar-refractivity contribution < 1.29 is 9.13 Å². The molecule has 31 heavy (non-hydrogen) atoms. The van der Waals surface area contributed by atoms with E-state index in [1.165, 1.54) is 23.0 Å². The summed E-state index contributed by atoms with van der Waals surface area (Å²) in [5.74, 6) is 0.456. The fraction of sp³-hybridized carbons (Fsp3) is 0.286. The largest absolute Gasteiger partial charge is 0.467 e. The number of anilines is 1. The van der Waals surface area contributed by atoms with Gasteiger partial charge in [-0.2, -0.15) is 10.4 Å². The van der Waals surface area contributed by atoms with E-state index in [0.717, 1.165) is 0 Å². The van der Waals surface area contributed by atoms with Gasteiger partial charge in [-0.1, -0.05) is 0 Å². The highest BCUT2D eigenvalue weighted by Crippen LogP contribution is 2.35. The van der Waals surface area contributed by atoms with Crippen molar-refractivity contribution in [2.45, 2.75) is 19.4 Å². The Balaban J connectivity index is 2.03. The Morgan fingerprint density at radius 3 is 2.84 bits per heavy atom. The summed E-state index contributed by atoms with van der Waals surface area (Å²) in [5, 5.41) is 14.2. The van der Waals surface area contributed by atoms with Gasteiger partial charge in [-0.15, -0.1) is 0 Å². The first-order valence-electron chi connectivity index (χ1n) is 9.58. The Labute approximate surface area is 178 Å². The molecule has 0 spiro atoms. The van der Waals surface area contributed by atoms with Gasteiger partial charge >= 0.3 is 0 Å². The zero-order chi connectivity index (χ0) is 22.3. The van der Waals surface area contributed by atoms with Crippen molar-refractivity contribution in [2.75, 3.05) is 19.8 Å². The number of rotatable bonds is 0. The third-order valence-electron chi connectivity index (χ3n) is 5.06. The molecule has 0 amide bonds. The monoisotopic (exact) mass is 420 g/mol. The Morgan fingerprint density at radius 1 is 1.35 bits per heavy atom. The first kappa shape index (κ1) is 20.3. The number of ether oxygens (including phenoxy) is 1. The molecule has 1 atom stereocenters. The van der Waals surface area contributed by atoms with E-state index in [4.69, 9.17) is 15.5 Å². The second-order valence-corrected chi connectivity index (χ2v) is 7.41. The molecule has 3 heterocycles. The van der Waals surface area contributed by atoms with Crippen LogP contribution in [0.25, 0.3) is 11.3 Å². The van der Waals surface area contributed by atoms with E-state index in [-0.39, 0.29) is 11.7 Å². The van der Waals surface area contributed by atoms with Crippen molar-refractivity contribution in [1.29, 1.82) is 5.26 Å². The SMILES string of the molecule is C[C@H]1Oc2nc(cnc2N)-c2c(nn(C)c2C#N)C/C(N(C)C)=N\c2ccc(F)cc21. The van der Waals surface area contributed by atoms with Gasteiger partial charge in [-0.05, 0) is 25.1 Å². The molecule has 3 aromatic rings. The van der Waals surface area contributed by atoms with Crippen LogP contribution in [0, 0.1) is 17.1 Å². The van der Waals surface area contributed by atoms with Crippen molar-refractivity contribution in [2.24, 2.45) is 12.0 Å². The van der Waals surface area contributed by atoms with Crippen molar-refractivity contribution in [3.8, 4) is 23.2 Å². The number of aliphatic imine (C=N–C) groups is 1. The molecule has 2 bridgehead atoms. The molecule has 4 rings (SSSR count). The van der Waals surface area contributed by atoms with Crippen molar-refractivity contribution in [3.63, 3.8) is 0 Å². The number of fused-ring (bicyclic) bond motifs is 5. The van der Waals surface area contributed by atoms with Crippen LogP contribution in [0.2, 0.25) is 0 Å². The molecule has 1 aromatic carbocycles. The van der Waals surface area contributed by atoms with Crippen LogP contribution in [0.4, 0.5) is 15.9 Å². The molecular weight excluding hydrogens is 399 g/mol. The standard InChI is InChI=1S/C21H21FN8O/c1-11-13-7-12(22)5-6-14(13)26-18(29(2)3)8-15-19(17(9-23)30(4)28-15)16-10-25-20(24)21(27-16)31-11/h5-7,10-11H,8H2,1-4H3,(H2,24,25)/b26-18+/t11-/m1/s1. The van der Waals surface area contributed by atoms with Crippen LogP contribution >= 0.6 is 0 Å². The van der Waals surface area contributed by atoms with Crippen molar-refractivity contribution in [3.05, 3.63) is 47.2 Å². The highest BCUT2D eigenvalue weighted by molar-refractivity contribution is 5.88. The number of nitrogens with zero attached hydrogens (tertiary/aromatic N) is 7. The molecule has 0 aliphatic carbocycles. The van der Waals surface area contributed by atoms with Gasteiger partial charge in [0.05, 0.1) is 35.3 Å². The first-order valence-corrected chi connectivity index (χ1v) is 9.58. The number of benzene rings is 1. The summed E-state index contributed by atoms with van der Waals surface area (Å²) in [7, 11) is 5.42. The van der Waals surface area contributed by atoms with Crippen LogP contribution in [0.15, 0.2) is 29.4 Å². The van der Waals surface area contributed by atoms with E-state index in [9.17, 15) is 9.65 Å². The highest BCUT2D eigenvalue weighted by atomic mass is 19.1. The van der Waals surface area contributed by atoms with Gasteiger partial charge in [0.25, 0.3) is 5.88 Å². The molecule has 158 valence electrons. The highest BCUT2D eigenvalue weighted by Gasteiger charge is 2.25. The van der Waals surface area contributed by atoms with Gasteiger partial charge in [0, 0.05) is 26.7 Å². The number of nitriles is 1. The molecule has 0 saturated carbocycles. The maximum absolute atomic E-state index is 14.1. The van der Waals surface area contributed by atoms with Gasteiger partial charge < -0.3 is 15.4 Å². The van der Waals surface area contributed by atoms with E-state index in [0.29, 0.717) is 46.2 Å². The number of halogens is 1.